The Bertz CT molecular complexity index is 1130. The summed E-state index contributed by atoms with van der Waals surface area (Å²) >= 11 is 12.5. The zero-order valence-electron chi connectivity index (χ0n) is 19.4. The van der Waals surface area contributed by atoms with Crippen LogP contribution < -0.4 is 16.4 Å². The molecular weight excluding hydrogens is 473 g/mol. The number of benzene rings is 1. The predicted octanol–water partition coefficient (Wildman–Crippen LogP) is 5.55. The van der Waals surface area contributed by atoms with Gasteiger partial charge in [0.05, 0.1) is 6.20 Å². The average Bonchev–Trinajstić information content (AvgIpc) is 3.15. The van der Waals surface area contributed by atoms with Crippen molar-refractivity contribution in [2.75, 3.05) is 30.4 Å². The van der Waals surface area contributed by atoms with E-state index < -0.39 is 0 Å². The van der Waals surface area contributed by atoms with E-state index in [1.807, 2.05) is 12.1 Å². The number of anilines is 3. The van der Waals surface area contributed by atoms with Gasteiger partial charge >= 0.3 is 0 Å². The number of halogens is 2. The van der Waals surface area contributed by atoms with E-state index in [1.165, 1.54) is 0 Å². The molecule has 0 bridgehead atoms. The molecule has 1 aliphatic carbocycles. The van der Waals surface area contributed by atoms with Gasteiger partial charge in [-0.25, -0.2) is 9.97 Å². The van der Waals surface area contributed by atoms with E-state index in [9.17, 15) is 0 Å². The minimum atomic E-state index is -0.0887. The number of fused-ring (bicyclic) bond motifs is 1. The van der Waals surface area contributed by atoms with Gasteiger partial charge in [-0.3, -0.25) is 4.57 Å². The van der Waals surface area contributed by atoms with Crippen molar-refractivity contribution >= 4 is 51.9 Å². The Morgan fingerprint density at radius 1 is 1.09 bits per heavy atom. The second kappa shape index (κ2) is 9.85. The lowest BCUT2D eigenvalue weighted by atomic mass is 9.86. The van der Waals surface area contributed by atoms with Crippen LogP contribution in [0.2, 0.25) is 10.0 Å². The van der Waals surface area contributed by atoms with Gasteiger partial charge in [0.15, 0.2) is 5.65 Å². The summed E-state index contributed by atoms with van der Waals surface area (Å²) in [5.74, 6) is 1.91. The number of nitrogens with one attached hydrogen (secondary N) is 2. The number of aromatic nitrogens is 4. The third kappa shape index (κ3) is 5.10. The predicted molar refractivity (Wildman–Crippen MR) is 137 cm³/mol. The van der Waals surface area contributed by atoms with Gasteiger partial charge < -0.3 is 21.1 Å². The van der Waals surface area contributed by atoms with Crippen LogP contribution in [0.1, 0.15) is 51.5 Å². The molecular formula is C24H31Cl2N7O. The summed E-state index contributed by atoms with van der Waals surface area (Å²) < 4.78 is 7.75. The molecule has 2 fully saturated rings. The van der Waals surface area contributed by atoms with E-state index in [4.69, 9.17) is 43.6 Å². The number of nitrogens with zero attached hydrogens (tertiary/aromatic N) is 4. The normalized spacial score (nSPS) is 22.6. The summed E-state index contributed by atoms with van der Waals surface area (Å²) in [5.41, 5.74) is 8.21. The molecule has 0 spiro atoms. The van der Waals surface area contributed by atoms with Crippen molar-refractivity contribution in [2.45, 2.75) is 57.0 Å². The Hall–Kier alpha value is -2.13. The molecule has 0 amide bonds. The number of imidazole rings is 1. The molecule has 0 atom stereocenters. The number of hydrogen-bond acceptors (Lipinski definition) is 7. The van der Waals surface area contributed by atoms with E-state index >= 15 is 0 Å². The fourth-order valence-corrected chi connectivity index (χ4v) is 5.52. The van der Waals surface area contributed by atoms with Crippen molar-refractivity contribution in [1.29, 1.82) is 0 Å². The second-order valence-electron chi connectivity index (χ2n) is 9.70. The molecule has 1 saturated carbocycles. The summed E-state index contributed by atoms with van der Waals surface area (Å²) in [6, 6.07) is 5.66. The summed E-state index contributed by atoms with van der Waals surface area (Å²) in [7, 11) is 0. The molecule has 1 aliphatic heterocycles. The average molecular weight is 504 g/mol. The fourth-order valence-electron chi connectivity index (χ4n) is 5.00. The van der Waals surface area contributed by atoms with Crippen molar-refractivity contribution in [1.82, 2.24) is 19.5 Å². The lowest BCUT2D eigenvalue weighted by molar-refractivity contribution is 0.0656. The standard InChI is InChI=1S/C24H31Cl2N7O/c1-24(6-8-34-9-7-24)32-22-28-14-20-21(31-22)33(19-4-2-15(13-27)3-5-19)23(30-20)29-18-11-16(25)10-17(26)12-18/h10-12,14-15,19H,2-9,13,27H2,1H3,(H,29,30)(H,28,31,32). The molecule has 8 nitrogen and oxygen atoms in total. The first-order chi connectivity index (χ1) is 16.4. The third-order valence-corrected chi connectivity index (χ3v) is 7.51. The molecule has 0 unspecified atom stereocenters. The first-order valence-electron chi connectivity index (χ1n) is 12.0. The van der Waals surface area contributed by atoms with Crippen molar-refractivity contribution in [3.8, 4) is 0 Å². The largest absolute Gasteiger partial charge is 0.381 e. The van der Waals surface area contributed by atoms with Crippen molar-refractivity contribution < 1.29 is 4.74 Å². The molecule has 1 aromatic carbocycles. The van der Waals surface area contributed by atoms with Gasteiger partial charge in [-0.15, -0.1) is 0 Å². The maximum absolute atomic E-state index is 6.24. The van der Waals surface area contributed by atoms with Gasteiger partial charge in [-0.2, -0.15) is 4.98 Å². The van der Waals surface area contributed by atoms with Crippen molar-refractivity contribution in [3.05, 3.63) is 34.4 Å². The van der Waals surface area contributed by atoms with Gasteiger partial charge in [-0.1, -0.05) is 23.2 Å². The highest BCUT2D eigenvalue weighted by molar-refractivity contribution is 6.35. The van der Waals surface area contributed by atoms with E-state index in [1.54, 1.807) is 12.3 Å². The first kappa shape index (κ1) is 23.6. The van der Waals surface area contributed by atoms with Gasteiger partial charge in [0.25, 0.3) is 0 Å². The van der Waals surface area contributed by atoms with Gasteiger partial charge in [0.2, 0.25) is 11.9 Å². The summed E-state index contributed by atoms with van der Waals surface area (Å²) in [5, 5.41) is 8.12. The van der Waals surface area contributed by atoms with E-state index in [0.29, 0.717) is 27.9 Å². The lowest BCUT2D eigenvalue weighted by Crippen LogP contribution is -2.41. The Balaban J connectivity index is 1.52. The van der Waals surface area contributed by atoms with Crippen molar-refractivity contribution in [3.63, 3.8) is 0 Å². The zero-order valence-corrected chi connectivity index (χ0v) is 20.9. The molecule has 5 rings (SSSR count). The smallest absolute Gasteiger partial charge is 0.225 e. The molecule has 0 radical (unpaired) electrons. The van der Waals surface area contributed by atoms with Gasteiger partial charge in [-0.05, 0) is 76.1 Å². The molecule has 1 saturated heterocycles. The van der Waals surface area contributed by atoms with Crippen LogP contribution >= 0.6 is 23.2 Å². The van der Waals surface area contributed by atoms with Crippen LogP contribution in [0.3, 0.4) is 0 Å². The summed E-state index contributed by atoms with van der Waals surface area (Å²) in [4.78, 5) is 14.4. The molecule has 34 heavy (non-hydrogen) atoms. The highest BCUT2D eigenvalue weighted by Crippen LogP contribution is 2.37. The van der Waals surface area contributed by atoms with Crippen LogP contribution in [0.15, 0.2) is 24.4 Å². The van der Waals surface area contributed by atoms with Crippen LogP contribution in [-0.4, -0.2) is 44.8 Å². The first-order valence-corrected chi connectivity index (χ1v) is 12.7. The summed E-state index contributed by atoms with van der Waals surface area (Å²) in [6.07, 6.45) is 7.87. The van der Waals surface area contributed by atoms with Crippen LogP contribution in [0, 0.1) is 5.92 Å². The quantitative estimate of drug-likeness (QED) is 0.405. The molecule has 182 valence electrons. The van der Waals surface area contributed by atoms with E-state index in [0.717, 1.165) is 75.1 Å². The van der Waals surface area contributed by atoms with Crippen LogP contribution in [-0.2, 0) is 4.74 Å². The molecule has 2 aromatic heterocycles. The van der Waals surface area contributed by atoms with Crippen LogP contribution in [0.5, 0.6) is 0 Å². The van der Waals surface area contributed by atoms with Crippen LogP contribution in [0.4, 0.5) is 17.6 Å². The Kier molecular flexibility index (Phi) is 6.84. The maximum Gasteiger partial charge on any atom is 0.225 e. The Labute approximate surface area is 209 Å². The molecule has 3 aromatic rings. The Morgan fingerprint density at radius 3 is 2.47 bits per heavy atom. The van der Waals surface area contributed by atoms with Gasteiger partial charge in [0, 0.05) is 40.5 Å². The summed E-state index contributed by atoms with van der Waals surface area (Å²) in [6.45, 7) is 4.42. The third-order valence-electron chi connectivity index (χ3n) is 7.08. The van der Waals surface area contributed by atoms with Gasteiger partial charge in [0.1, 0.15) is 5.52 Å². The topological polar surface area (TPSA) is 103 Å². The molecule has 2 aliphatic rings. The van der Waals surface area contributed by atoms with Crippen LogP contribution in [0.25, 0.3) is 11.2 Å². The fraction of sp³-hybridized carbons (Fsp3) is 0.542. The monoisotopic (exact) mass is 503 g/mol. The Morgan fingerprint density at radius 2 is 1.79 bits per heavy atom. The number of nitrogens with two attached hydrogens (primary N) is 1. The minimum absolute atomic E-state index is 0.0887. The zero-order chi connectivity index (χ0) is 23.7. The maximum atomic E-state index is 6.24. The SMILES string of the molecule is CC1(Nc2ncc3nc(Nc4cc(Cl)cc(Cl)c4)n(C4CCC(CN)CC4)c3n2)CCOCC1. The molecule has 10 heteroatoms. The number of ether oxygens (including phenoxy) is 1. The molecule has 4 N–H and O–H groups in total. The highest BCUT2D eigenvalue weighted by atomic mass is 35.5. The minimum Gasteiger partial charge on any atom is -0.381 e. The van der Waals surface area contributed by atoms with Crippen molar-refractivity contribution in [2.24, 2.45) is 11.7 Å². The number of hydrogen-bond donors (Lipinski definition) is 3. The number of rotatable bonds is 6. The second-order valence-corrected chi connectivity index (χ2v) is 10.6. The lowest BCUT2D eigenvalue weighted by Gasteiger charge is -2.34. The molecule has 3 heterocycles. The van der Waals surface area contributed by atoms with E-state index in [-0.39, 0.29) is 11.6 Å². The highest BCUT2D eigenvalue weighted by Gasteiger charge is 2.30. The van der Waals surface area contributed by atoms with E-state index in [2.05, 4.69) is 27.1 Å².